The minimum atomic E-state index is -0.172. The Morgan fingerprint density at radius 2 is 2.44 bits per heavy atom. The van der Waals surface area contributed by atoms with Gasteiger partial charge in [-0.3, -0.25) is 4.79 Å². The van der Waals surface area contributed by atoms with Crippen molar-refractivity contribution in [1.29, 1.82) is 0 Å². The molecule has 6 heteroatoms. The molecule has 1 aliphatic rings. The number of aryl methyl sites for hydroxylation is 1. The molecule has 1 aromatic heterocycles. The number of nitrogens with one attached hydrogen (secondary N) is 1. The maximum atomic E-state index is 12.1. The zero-order valence-corrected chi connectivity index (χ0v) is 11.3. The second-order valence-electron chi connectivity index (χ2n) is 4.55. The molecule has 2 rings (SSSR count). The Labute approximate surface area is 111 Å². The zero-order chi connectivity index (χ0) is 13.3. The first-order valence-corrected chi connectivity index (χ1v) is 6.40. The molecule has 18 heavy (non-hydrogen) atoms. The monoisotopic (exact) mass is 271 g/mol. The minimum absolute atomic E-state index is 0.0182. The SMILES string of the molecule is CCOC1CC(N)C1NC(=O)c1cc(Cl)cn1C. The van der Waals surface area contributed by atoms with E-state index in [4.69, 9.17) is 22.1 Å². The van der Waals surface area contributed by atoms with Gasteiger partial charge < -0.3 is 20.4 Å². The van der Waals surface area contributed by atoms with Crippen LogP contribution in [-0.4, -0.2) is 35.3 Å². The lowest BCUT2D eigenvalue weighted by molar-refractivity contribution is -0.0301. The predicted molar refractivity (Wildman–Crippen MR) is 69.7 cm³/mol. The molecule has 3 atom stereocenters. The van der Waals surface area contributed by atoms with Crippen molar-refractivity contribution in [3.63, 3.8) is 0 Å². The predicted octanol–water partition coefficient (Wildman–Crippen LogP) is 0.913. The van der Waals surface area contributed by atoms with E-state index < -0.39 is 0 Å². The topological polar surface area (TPSA) is 69.3 Å². The van der Waals surface area contributed by atoms with Crippen molar-refractivity contribution in [2.75, 3.05) is 6.61 Å². The first-order valence-electron chi connectivity index (χ1n) is 6.02. The number of aromatic nitrogens is 1. The van der Waals surface area contributed by atoms with Crippen molar-refractivity contribution in [2.45, 2.75) is 31.5 Å². The number of amides is 1. The number of hydrogen-bond donors (Lipinski definition) is 2. The molecule has 0 radical (unpaired) electrons. The van der Waals surface area contributed by atoms with Crippen LogP contribution >= 0.6 is 11.6 Å². The number of halogens is 1. The Morgan fingerprint density at radius 1 is 1.72 bits per heavy atom. The van der Waals surface area contributed by atoms with Crippen LogP contribution in [0.4, 0.5) is 0 Å². The van der Waals surface area contributed by atoms with Gasteiger partial charge in [0.1, 0.15) is 5.69 Å². The van der Waals surface area contributed by atoms with Gasteiger partial charge in [-0.2, -0.15) is 0 Å². The normalized spacial score (nSPS) is 26.8. The van der Waals surface area contributed by atoms with Gasteiger partial charge in [-0.05, 0) is 19.4 Å². The van der Waals surface area contributed by atoms with Crippen LogP contribution in [0.15, 0.2) is 12.3 Å². The number of ether oxygens (including phenoxy) is 1. The van der Waals surface area contributed by atoms with Crippen molar-refractivity contribution >= 4 is 17.5 Å². The van der Waals surface area contributed by atoms with Gasteiger partial charge in [0.25, 0.3) is 5.91 Å². The van der Waals surface area contributed by atoms with Crippen LogP contribution in [0.3, 0.4) is 0 Å². The highest BCUT2D eigenvalue weighted by atomic mass is 35.5. The third-order valence-electron chi connectivity index (χ3n) is 3.25. The van der Waals surface area contributed by atoms with Crippen molar-refractivity contribution < 1.29 is 9.53 Å². The molecule has 3 N–H and O–H groups in total. The summed E-state index contributed by atoms with van der Waals surface area (Å²) in [5.41, 5.74) is 6.41. The molecule has 3 unspecified atom stereocenters. The molecule has 100 valence electrons. The summed E-state index contributed by atoms with van der Waals surface area (Å²) in [5.74, 6) is -0.172. The molecule has 0 bridgehead atoms. The van der Waals surface area contributed by atoms with E-state index >= 15 is 0 Å². The number of carbonyl (C=O) groups excluding carboxylic acids is 1. The number of nitrogens with two attached hydrogens (primary N) is 1. The summed E-state index contributed by atoms with van der Waals surface area (Å²) in [6.07, 6.45) is 2.49. The summed E-state index contributed by atoms with van der Waals surface area (Å²) in [5, 5.41) is 3.45. The summed E-state index contributed by atoms with van der Waals surface area (Å²) in [6.45, 7) is 2.55. The number of hydrogen-bond acceptors (Lipinski definition) is 3. The molecule has 1 amide bonds. The molecule has 0 aliphatic heterocycles. The molecule has 1 saturated carbocycles. The van der Waals surface area contributed by atoms with E-state index in [-0.39, 0.29) is 24.1 Å². The van der Waals surface area contributed by atoms with Gasteiger partial charge in [-0.25, -0.2) is 0 Å². The molecule has 5 nitrogen and oxygen atoms in total. The molecule has 1 fully saturated rings. The maximum Gasteiger partial charge on any atom is 0.268 e. The average Bonchev–Trinajstić information content (AvgIpc) is 2.65. The van der Waals surface area contributed by atoms with E-state index in [2.05, 4.69) is 5.32 Å². The van der Waals surface area contributed by atoms with Gasteiger partial charge in [0.15, 0.2) is 0 Å². The largest absolute Gasteiger partial charge is 0.376 e. The Morgan fingerprint density at radius 3 is 2.94 bits per heavy atom. The van der Waals surface area contributed by atoms with Gasteiger partial charge >= 0.3 is 0 Å². The Balaban J connectivity index is 2.01. The zero-order valence-electron chi connectivity index (χ0n) is 10.5. The number of carbonyl (C=O) groups is 1. The van der Waals surface area contributed by atoms with Crippen LogP contribution in [-0.2, 0) is 11.8 Å². The van der Waals surface area contributed by atoms with Crippen molar-refractivity contribution in [1.82, 2.24) is 9.88 Å². The quantitative estimate of drug-likeness (QED) is 0.855. The van der Waals surface area contributed by atoms with Crippen LogP contribution < -0.4 is 11.1 Å². The van der Waals surface area contributed by atoms with Gasteiger partial charge in [0.2, 0.25) is 0 Å². The third-order valence-corrected chi connectivity index (χ3v) is 3.46. The number of nitrogens with zero attached hydrogens (tertiary/aromatic N) is 1. The third kappa shape index (κ3) is 2.53. The molecule has 1 aliphatic carbocycles. The van der Waals surface area contributed by atoms with Gasteiger partial charge in [0.05, 0.1) is 17.2 Å². The van der Waals surface area contributed by atoms with Gasteiger partial charge in [-0.1, -0.05) is 11.6 Å². The van der Waals surface area contributed by atoms with Crippen LogP contribution in [0, 0.1) is 0 Å². The Bertz CT molecular complexity index is 445. The Kier molecular flexibility index (Phi) is 3.94. The van der Waals surface area contributed by atoms with E-state index in [0.717, 1.165) is 6.42 Å². The van der Waals surface area contributed by atoms with Crippen molar-refractivity contribution in [3.05, 3.63) is 23.0 Å². The molecule has 0 saturated heterocycles. The smallest absolute Gasteiger partial charge is 0.268 e. The van der Waals surface area contributed by atoms with Crippen LogP contribution in [0.2, 0.25) is 5.02 Å². The molecule has 0 aromatic carbocycles. The van der Waals surface area contributed by atoms with E-state index in [1.807, 2.05) is 6.92 Å². The van der Waals surface area contributed by atoms with E-state index in [9.17, 15) is 4.79 Å². The lowest BCUT2D eigenvalue weighted by Crippen LogP contribution is -2.64. The summed E-state index contributed by atoms with van der Waals surface area (Å²) in [4.78, 5) is 12.1. The summed E-state index contributed by atoms with van der Waals surface area (Å²) >= 11 is 5.85. The molecule has 1 aromatic rings. The van der Waals surface area contributed by atoms with Crippen LogP contribution in [0.5, 0.6) is 0 Å². The van der Waals surface area contributed by atoms with Gasteiger partial charge in [0, 0.05) is 25.9 Å². The second-order valence-corrected chi connectivity index (χ2v) is 4.98. The maximum absolute atomic E-state index is 12.1. The van der Waals surface area contributed by atoms with Crippen molar-refractivity contribution in [3.8, 4) is 0 Å². The Hall–Kier alpha value is -1.04. The fourth-order valence-corrected chi connectivity index (χ4v) is 2.45. The van der Waals surface area contributed by atoms with Gasteiger partial charge in [-0.15, -0.1) is 0 Å². The highest BCUT2D eigenvalue weighted by Crippen LogP contribution is 2.23. The summed E-state index contributed by atoms with van der Waals surface area (Å²) in [6, 6.07) is 1.48. The van der Waals surface area contributed by atoms with Crippen molar-refractivity contribution in [2.24, 2.45) is 12.8 Å². The highest BCUT2D eigenvalue weighted by molar-refractivity contribution is 6.31. The number of rotatable bonds is 4. The minimum Gasteiger partial charge on any atom is -0.376 e. The van der Waals surface area contributed by atoms with E-state index in [0.29, 0.717) is 17.3 Å². The fraction of sp³-hybridized carbons (Fsp3) is 0.583. The summed E-state index contributed by atoms with van der Waals surface area (Å²) in [7, 11) is 1.78. The fourth-order valence-electron chi connectivity index (χ4n) is 2.20. The molecule has 1 heterocycles. The lowest BCUT2D eigenvalue weighted by Gasteiger charge is -2.42. The van der Waals surface area contributed by atoms with E-state index in [1.54, 1.807) is 23.9 Å². The van der Waals surface area contributed by atoms with Crippen LogP contribution in [0.25, 0.3) is 0 Å². The lowest BCUT2D eigenvalue weighted by atomic mass is 9.83. The summed E-state index contributed by atoms with van der Waals surface area (Å²) < 4.78 is 7.20. The standard InChI is InChI=1S/C12H18ClN3O2/c1-3-18-10-5-8(14)11(10)15-12(17)9-4-7(13)6-16(9)2/h4,6,8,10-11H,3,5,14H2,1-2H3,(H,15,17). The van der Waals surface area contributed by atoms with Crippen LogP contribution in [0.1, 0.15) is 23.8 Å². The first-order chi connectivity index (χ1) is 8.52. The second kappa shape index (κ2) is 5.30. The molecular weight excluding hydrogens is 254 g/mol. The average molecular weight is 272 g/mol. The molecular formula is C12H18ClN3O2. The van der Waals surface area contributed by atoms with E-state index in [1.165, 1.54) is 0 Å². The first kappa shape index (κ1) is 13.4. The highest BCUT2D eigenvalue weighted by Gasteiger charge is 2.40. The molecule has 0 spiro atoms.